The summed E-state index contributed by atoms with van der Waals surface area (Å²) in [6, 6.07) is 10.7. The number of nitrogens with zero attached hydrogens (tertiary/aromatic N) is 1. The number of hydrogen-bond acceptors (Lipinski definition) is 4. The highest BCUT2D eigenvalue weighted by Gasteiger charge is 2.35. The molecule has 3 amide bonds. The molecule has 0 saturated carbocycles. The molecule has 0 aliphatic carbocycles. The second kappa shape index (κ2) is 7.43. The average molecular weight is 355 g/mol. The maximum atomic E-state index is 12.4. The zero-order valence-corrected chi connectivity index (χ0v) is 14.7. The number of anilines is 2. The lowest BCUT2D eigenvalue weighted by Gasteiger charge is -2.17. The molecule has 2 N–H and O–H groups in total. The van der Waals surface area contributed by atoms with Crippen LogP contribution in [0.15, 0.2) is 40.8 Å². The third-order valence-electron chi connectivity index (χ3n) is 4.21. The first-order valence-electron chi connectivity index (χ1n) is 8.43. The number of hydrogen-bond donors (Lipinski definition) is 2. The van der Waals surface area contributed by atoms with Gasteiger partial charge in [-0.3, -0.25) is 14.4 Å². The van der Waals surface area contributed by atoms with Crippen LogP contribution in [0.5, 0.6) is 0 Å². The van der Waals surface area contributed by atoms with Crippen LogP contribution in [0.3, 0.4) is 0 Å². The first-order valence-corrected chi connectivity index (χ1v) is 8.43. The van der Waals surface area contributed by atoms with E-state index in [0.29, 0.717) is 30.2 Å². The highest BCUT2D eigenvalue weighted by Crippen LogP contribution is 2.27. The largest absolute Gasteiger partial charge is 0.465 e. The molecule has 0 bridgehead atoms. The van der Waals surface area contributed by atoms with Gasteiger partial charge in [0, 0.05) is 31.3 Å². The molecule has 0 radical (unpaired) electrons. The van der Waals surface area contributed by atoms with Crippen molar-refractivity contribution in [2.45, 2.75) is 26.8 Å². The zero-order chi connectivity index (χ0) is 18.7. The molecule has 1 atom stereocenters. The van der Waals surface area contributed by atoms with Crippen molar-refractivity contribution in [2.24, 2.45) is 5.92 Å². The Morgan fingerprint density at radius 2 is 2.08 bits per heavy atom. The van der Waals surface area contributed by atoms with Crippen molar-refractivity contribution in [3.8, 4) is 0 Å². The van der Waals surface area contributed by atoms with Crippen molar-refractivity contribution < 1.29 is 18.8 Å². The number of carbonyl (C=O) groups excluding carboxylic acids is 3. The lowest BCUT2D eigenvalue weighted by molar-refractivity contribution is -0.126. The molecular formula is C19H21N3O4. The van der Waals surface area contributed by atoms with Gasteiger partial charge < -0.3 is 20.0 Å². The quantitative estimate of drug-likeness (QED) is 0.860. The fourth-order valence-corrected chi connectivity index (χ4v) is 2.99. The van der Waals surface area contributed by atoms with Gasteiger partial charge in [0.25, 0.3) is 0 Å². The Morgan fingerprint density at radius 3 is 2.77 bits per heavy atom. The van der Waals surface area contributed by atoms with Crippen LogP contribution in [0.25, 0.3) is 0 Å². The maximum absolute atomic E-state index is 12.4. The van der Waals surface area contributed by atoms with Crippen LogP contribution >= 0.6 is 0 Å². The van der Waals surface area contributed by atoms with E-state index in [1.54, 1.807) is 29.2 Å². The highest BCUT2D eigenvalue weighted by atomic mass is 16.3. The van der Waals surface area contributed by atoms with E-state index in [2.05, 4.69) is 10.6 Å². The minimum atomic E-state index is -0.414. The predicted molar refractivity (Wildman–Crippen MR) is 96.5 cm³/mol. The molecule has 1 aromatic heterocycles. The molecule has 1 saturated heterocycles. The third-order valence-corrected chi connectivity index (χ3v) is 4.21. The van der Waals surface area contributed by atoms with Gasteiger partial charge in [0.15, 0.2) is 0 Å². The van der Waals surface area contributed by atoms with E-state index < -0.39 is 5.92 Å². The van der Waals surface area contributed by atoms with Gasteiger partial charge in [-0.05, 0) is 37.3 Å². The van der Waals surface area contributed by atoms with Crippen LogP contribution < -0.4 is 15.5 Å². The zero-order valence-electron chi connectivity index (χ0n) is 14.7. The molecule has 1 aliphatic rings. The molecule has 7 heteroatoms. The van der Waals surface area contributed by atoms with Crippen LogP contribution in [0, 0.1) is 12.8 Å². The van der Waals surface area contributed by atoms with E-state index >= 15 is 0 Å². The SMILES string of the molecule is CC(=O)Nc1cccc(N2CC(C(=O)NCc3ccc(C)o3)CC2=O)c1. The lowest BCUT2D eigenvalue weighted by atomic mass is 10.1. The van der Waals surface area contributed by atoms with Gasteiger partial charge in [0.1, 0.15) is 11.5 Å². The van der Waals surface area contributed by atoms with Gasteiger partial charge in [0.2, 0.25) is 17.7 Å². The number of nitrogens with one attached hydrogen (secondary N) is 2. The maximum Gasteiger partial charge on any atom is 0.227 e. The van der Waals surface area contributed by atoms with Crippen molar-refractivity contribution in [1.82, 2.24) is 5.32 Å². The summed E-state index contributed by atoms with van der Waals surface area (Å²) in [7, 11) is 0. The van der Waals surface area contributed by atoms with Gasteiger partial charge in [-0.1, -0.05) is 6.07 Å². The van der Waals surface area contributed by atoms with E-state index in [-0.39, 0.29) is 24.1 Å². The Balaban J connectivity index is 1.62. The summed E-state index contributed by atoms with van der Waals surface area (Å²) in [5.74, 6) is 0.589. The highest BCUT2D eigenvalue weighted by molar-refractivity contribution is 6.01. The lowest BCUT2D eigenvalue weighted by Crippen LogP contribution is -2.32. The summed E-state index contributed by atoms with van der Waals surface area (Å²) in [4.78, 5) is 37.5. The summed E-state index contributed by atoms with van der Waals surface area (Å²) < 4.78 is 5.43. The van der Waals surface area contributed by atoms with Crippen LogP contribution in [0.2, 0.25) is 0 Å². The summed E-state index contributed by atoms with van der Waals surface area (Å²) in [6.45, 7) is 3.88. The van der Waals surface area contributed by atoms with E-state index in [4.69, 9.17) is 4.42 Å². The van der Waals surface area contributed by atoms with Gasteiger partial charge in [-0.2, -0.15) is 0 Å². The van der Waals surface area contributed by atoms with E-state index in [0.717, 1.165) is 5.76 Å². The molecule has 0 spiro atoms. The molecule has 1 aromatic carbocycles. The van der Waals surface area contributed by atoms with Crippen molar-refractivity contribution in [3.63, 3.8) is 0 Å². The molecule has 1 fully saturated rings. The summed E-state index contributed by atoms with van der Waals surface area (Å²) in [6.07, 6.45) is 0.160. The molecular weight excluding hydrogens is 334 g/mol. The van der Waals surface area contributed by atoms with Gasteiger partial charge in [0.05, 0.1) is 12.5 Å². The molecule has 1 unspecified atom stereocenters. The van der Waals surface area contributed by atoms with E-state index in [1.807, 2.05) is 19.1 Å². The van der Waals surface area contributed by atoms with Crippen LogP contribution in [0.4, 0.5) is 11.4 Å². The van der Waals surface area contributed by atoms with Crippen molar-refractivity contribution in [2.75, 3.05) is 16.8 Å². The predicted octanol–water partition coefficient (Wildman–Crippen LogP) is 2.22. The molecule has 7 nitrogen and oxygen atoms in total. The Kier molecular flexibility index (Phi) is 5.06. The van der Waals surface area contributed by atoms with Crippen molar-refractivity contribution in [1.29, 1.82) is 0 Å². The molecule has 3 rings (SSSR count). The first kappa shape index (κ1) is 17.7. The average Bonchev–Trinajstić information content (AvgIpc) is 3.18. The second-order valence-electron chi connectivity index (χ2n) is 6.37. The normalized spacial score (nSPS) is 16.6. The number of rotatable bonds is 5. The van der Waals surface area contributed by atoms with Gasteiger partial charge in [-0.25, -0.2) is 0 Å². The summed E-state index contributed by atoms with van der Waals surface area (Å²) in [5.41, 5.74) is 1.28. The molecule has 136 valence electrons. The Hall–Kier alpha value is -3.09. The van der Waals surface area contributed by atoms with Gasteiger partial charge >= 0.3 is 0 Å². The third kappa shape index (κ3) is 4.11. The number of aryl methyl sites for hydroxylation is 1. The van der Waals surface area contributed by atoms with Gasteiger partial charge in [-0.15, -0.1) is 0 Å². The van der Waals surface area contributed by atoms with E-state index in [1.165, 1.54) is 6.92 Å². The molecule has 2 aromatic rings. The number of amides is 3. The molecule has 1 aliphatic heterocycles. The standard InChI is InChI=1S/C19H21N3O4/c1-12-6-7-17(26-12)10-20-19(25)14-8-18(24)22(11-14)16-5-3-4-15(9-16)21-13(2)23/h3-7,9,14H,8,10-11H2,1-2H3,(H,20,25)(H,21,23). The Labute approximate surface area is 151 Å². The van der Waals surface area contributed by atoms with Crippen LogP contribution in [-0.4, -0.2) is 24.3 Å². The number of furan rings is 1. The fourth-order valence-electron chi connectivity index (χ4n) is 2.99. The fraction of sp³-hybridized carbons (Fsp3) is 0.316. The summed E-state index contributed by atoms with van der Waals surface area (Å²) >= 11 is 0. The van der Waals surface area contributed by atoms with Crippen LogP contribution in [-0.2, 0) is 20.9 Å². The van der Waals surface area contributed by atoms with Crippen molar-refractivity contribution in [3.05, 3.63) is 47.9 Å². The molecule has 26 heavy (non-hydrogen) atoms. The Morgan fingerprint density at radius 1 is 1.27 bits per heavy atom. The van der Waals surface area contributed by atoms with Crippen LogP contribution in [0.1, 0.15) is 24.9 Å². The second-order valence-corrected chi connectivity index (χ2v) is 6.37. The minimum absolute atomic E-state index is 0.112. The monoisotopic (exact) mass is 355 g/mol. The smallest absolute Gasteiger partial charge is 0.227 e. The molecule has 2 heterocycles. The minimum Gasteiger partial charge on any atom is -0.465 e. The Bertz CT molecular complexity index is 843. The summed E-state index contributed by atoms with van der Waals surface area (Å²) in [5, 5.41) is 5.51. The number of carbonyl (C=O) groups is 3. The topological polar surface area (TPSA) is 91.7 Å². The van der Waals surface area contributed by atoms with E-state index in [9.17, 15) is 14.4 Å². The number of benzene rings is 1. The van der Waals surface area contributed by atoms with Crippen molar-refractivity contribution >= 4 is 29.1 Å². The first-order chi connectivity index (χ1) is 12.4.